The highest BCUT2D eigenvalue weighted by atomic mass is 32.1. The van der Waals surface area contributed by atoms with E-state index in [1.807, 2.05) is 0 Å². The molecule has 0 nitrogen and oxygen atoms in total. The van der Waals surface area contributed by atoms with Gasteiger partial charge in [0, 0.05) is 10.8 Å². The van der Waals surface area contributed by atoms with Crippen LogP contribution in [0.25, 0.3) is 0 Å². The lowest BCUT2D eigenvalue weighted by Gasteiger charge is -2.58. The van der Waals surface area contributed by atoms with E-state index in [-0.39, 0.29) is 30.3 Å². The molecule has 3 atom stereocenters. The number of hydrogen-bond acceptors (Lipinski definition) is 0. The zero-order valence-electron chi connectivity index (χ0n) is 21.4. The Morgan fingerprint density at radius 3 is 1.39 bits per heavy atom. The largest absolute Gasteiger partial charge is 0.0904 e. The molecule has 164 valence electrons. The Morgan fingerprint density at radius 1 is 0.750 bits per heavy atom. The minimum Gasteiger partial charge on any atom is -0.0904 e. The number of rotatable bonds is 3. The van der Waals surface area contributed by atoms with E-state index in [1.165, 1.54) is 12.3 Å². The summed E-state index contributed by atoms with van der Waals surface area (Å²) >= 11 is 0. The molecule has 0 radical (unpaired) electrons. The first kappa shape index (κ1) is 25.6. The first-order valence-electron chi connectivity index (χ1n) is 11.3. The summed E-state index contributed by atoms with van der Waals surface area (Å²) < 4.78 is 0. The molecule has 0 spiro atoms. The minimum absolute atomic E-state index is 0.0341. The van der Waals surface area contributed by atoms with Crippen molar-refractivity contribution in [3.8, 4) is 0 Å². The van der Waals surface area contributed by atoms with Gasteiger partial charge in [-0.25, -0.2) is 0 Å². The van der Waals surface area contributed by atoms with Gasteiger partial charge >= 0.3 is 0 Å². The van der Waals surface area contributed by atoms with Crippen molar-refractivity contribution in [1.29, 1.82) is 0 Å². The van der Waals surface area contributed by atoms with Crippen LogP contribution in [-0.4, -0.2) is 33.2 Å². The summed E-state index contributed by atoms with van der Waals surface area (Å²) in [5.74, 6) is 0. The Balaban J connectivity index is 2.94. The average molecular weight is 461 g/mol. The molecule has 0 aliphatic carbocycles. The van der Waals surface area contributed by atoms with Crippen LogP contribution in [0.3, 0.4) is 0 Å². The summed E-state index contributed by atoms with van der Waals surface area (Å²) in [4.78, 5) is 0. The fourth-order valence-corrected chi connectivity index (χ4v) is 37.0. The molecule has 1 saturated heterocycles. The molecule has 3 aliphatic rings. The van der Waals surface area contributed by atoms with Crippen molar-refractivity contribution in [1.82, 2.24) is 0 Å². The van der Waals surface area contributed by atoms with Gasteiger partial charge in [0.2, 0.25) is 0 Å². The topological polar surface area (TPSA) is 0 Å². The second-order valence-corrected chi connectivity index (χ2v) is 25.4. The third-order valence-electron chi connectivity index (χ3n) is 5.86. The van der Waals surface area contributed by atoms with Crippen LogP contribution in [0.15, 0.2) is 0 Å². The summed E-state index contributed by atoms with van der Waals surface area (Å²) in [6.07, 6.45) is 2.77. The van der Waals surface area contributed by atoms with Gasteiger partial charge in [-0.2, -0.15) is 0 Å². The third kappa shape index (κ3) is 4.44. The van der Waals surface area contributed by atoms with Crippen LogP contribution in [0.4, 0.5) is 0 Å². The molecule has 28 heavy (non-hydrogen) atoms. The van der Waals surface area contributed by atoms with Crippen LogP contribution in [0, 0.1) is 21.7 Å². The Bertz CT molecular complexity index is 656. The average Bonchev–Trinajstić information content (AvgIpc) is 2.92. The van der Waals surface area contributed by atoms with Gasteiger partial charge in [-0.05, 0) is 51.7 Å². The summed E-state index contributed by atoms with van der Waals surface area (Å²) in [6.45, 7) is 35.5. The molecule has 3 heterocycles. The highest BCUT2D eigenvalue weighted by Crippen LogP contribution is 3.01. The van der Waals surface area contributed by atoms with E-state index in [9.17, 15) is 0 Å². The second-order valence-electron chi connectivity index (χ2n) is 12.9. The number of hydrogen-bond donors (Lipinski definition) is 0. The van der Waals surface area contributed by atoms with Crippen molar-refractivity contribution in [3.63, 3.8) is 0 Å². The van der Waals surface area contributed by atoms with Crippen LogP contribution < -0.4 is 0 Å². The van der Waals surface area contributed by atoms with Gasteiger partial charge < -0.3 is 0 Å². The van der Waals surface area contributed by atoms with Gasteiger partial charge in [0.05, 0.1) is 0 Å². The maximum absolute atomic E-state index is 2.56. The maximum Gasteiger partial charge on any atom is 0.0169 e. The highest BCUT2D eigenvalue weighted by Gasteiger charge is 2.65. The quantitative estimate of drug-likeness (QED) is 0.368. The molecule has 2 bridgehead atoms. The smallest absolute Gasteiger partial charge is 0.0169 e. The second kappa shape index (κ2) is 8.03. The predicted octanol–water partition coefficient (Wildman–Crippen LogP) is 9.99. The van der Waals surface area contributed by atoms with Crippen molar-refractivity contribution < 1.29 is 0 Å². The van der Waals surface area contributed by atoms with Crippen molar-refractivity contribution >= 4 is 40.4 Å². The van der Waals surface area contributed by atoms with E-state index in [0.717, 1.165) is 10.8 Å². The van der Waals surface area contributed by atoms with Gasteiger partial charge in [-0.3, -0.25) is 0 Å². The zero-order chi connectivity index (χ0) is 22.0. The first-order valence-corrected chi connectivity index (χ1v) is 18.0. The van der Waals surface area contributed by atoms with E-state index in [1.54, 1.807) is 0 Å². The Kier molecular flexibility index (Phi) is 7.34. The minimum atomic E-state index is -0.0377. The molecule has 0 N–H and O–H groups in total. The van der Waals surface area contributed by atoms with Crippen molar-refractivity contribution in [2.75, 3.05) is 12.3 Å². The van der Waals surface area contributed by atoms with Crippen LogP contribution in [0.2, 0.25) is 0 Å². The van der Waals surface area contributed by atoms with Crippen LogP contribution in [-0.2, 0) is 0 Å². The fourth-order valence-electron chi connectivity index (χ4n) is 5.11. The van der Waals surface area contributed by atoms with Gasteiger partial charge in [-0.15, -0.1) is 0 Å². The molecule has 3 unspecified atom stereocenters. The maximum atomic E-state index is 2.56. The predicted molar refractivity (Wildman–Crippen MR) is 144 cm³/mol. The van der Waals surface area contributed by atoms with E-state index < -0.39 is 0 Å². The van der Waals surface area contributed by atoms with Crippen LogP contribution >= 0.6 is 30.3 Å². The lowest BCUT2D eigenvalue weighted by molar-refractivity contribution is 0.410. The molecule has 0 aromatic heterocycles. The van der Waals surface area contributed by atoms with Crippen molar-refractivity contribution in [2.45, 2.75) is 108 Å². The summed E-state index contributed by atoms with van der Waals surface area (Å²) in [5.41, 5.74) is 1.67. The van der Waals surface area contributed by atoms with E-state index in [2.05, 4.69) is 107 Å². The molecular formula is C24H48P4. The molecule has 3 rings (SSSR count). The Hall–Kier alpha value is 1.33. The van der Waals surface area contributed by atoms with Crippen LogP contribution in [0.5, 0.6) is 0 Å². The molecule has 0 saturated carbocycles. The molecular weight excluding hydrogens is 412 g/mol. The Labute approximate surface area is 182 Å². The Morgan fingerprint density at radius 2 is 1.14 bits per heavy atom. The standard InChI is InChI=1S/C24H48P4/c1-15-25(16-2)17(21(3,4)5)27-18(22(6,7)8)26-19(23(9,10)11)28(27)20(26)24(12,13)14/h19-20H,15-16H2,1-14H3. The van der Waals surface area contributed by atoms with Gasteiger partial charge in [0.1, 0.15) is 0 Å². The lowest BCUT2D eigenvalue weighted by atomic mass is 9.98. The SMILES string of the molecule is CCP(CC)/C(=P1=C(C(C)(C)C)P2C(C(C)(C)C)P\1C2C(C)(C)C)C(C)(C)C. The third-order valence-corrected chi connectivity index (χ3v) is 29.3. The summed E-state index contributed by atoms with van der Waals surface area (Å²) in [6, 6.07) is 0. The summed E-state index contributed by atoms with van der Waals surface area (Å²) in [7, 11) is 0.180. The zero-order valence-corrected chi connectivity index (χ0v) is 24.9. The molecule has 3 aliphatic heterocycles. The highest BCUT2D eigenvalue weighted by molar-refractivity contribution is 8.47. The van der Waals surface area contributed by atoms with Crippen molar-refractivity contribution in [3.05, 3.63) is 0 Å². The molecule has 0 aromatic rings. The first-order chi connectivity index (χ1) is 12.4. The van der Waals surface area contributed by atoms with E-state index in [4.69, 9.17) is 0 Å². The van der Waals surface area contributed by atoms with Crippen LogP contribution in [0.1, 0.15) is 96.9 Å². The van der Waals surface area contributed by atoms with E-state index in [0.29, 0.717) is 21.7 Å². The monoisotopic (exact) mass is 460 g/mol. The lowest BCUT2D eigenvalue weighted by Crippen LogP contribution is -2.42. The van der Waals surface area contributed by atoms with Gasteiger partial charge in [-0.1, -0.05) is 120 Å². The summed E-state index contributed by atoms with van der Waals surface area (Å²) in [5, 5.41) is 6.15. The van der Waals surface area contributed by atoms with E-state index >= 15 is 0 Å². The van der Waals surface area contributed by atoms with Gasteiger partial charge in [0.15, 0.2) is 0 Å². The van der Waals surface area contributed by atoms with Gasteiger partial charge in [0.25, 0.3) is 0 Å². The fraction of sp³-hybridized carbons (Fsp3) is 0.917. The molecule has 0 aromatic carbocycles. The van der Waals surface area contributed by atoms with Crippen molar-refractivity contribution in [2.24, 2.45) is 21.7 Å². The molecule has 1 fully saturated rings. The molecule has 4 heteroatoms. The molecule has 0 amide bonds. The normalized spacial score (nSPS) is 30.8.